The zero-order chi connectivity index (χ0) is 5.70. The van der Waals surface area contributed by atoms with Crippen LogP contribution in [0.15, 0.2) is 0 Å². The van der Waals surface area contributed by atoms with Crippen molar-refractivity contribution in [1.29, 1.82) is 16.2 Å². The minimum Gasteiger partial charge on any atom is -0.308 e. The molecule has 0 aromatic carbocycles. The first kappa shape index (κ1) is 6.44. The highest BCUT2D eigenvalue weighted by molar-refractivity contribution is 7.96. The lowest BCUT2D eigenvalue weighted by atomic mass is 11.6. The Bertz CT molecular complexity index is 71.2. The highest BCUT2D eigenvalue weighted by Gasteiger charge is 1.88. The second-order valence-corrected chi connectivity index (χ2v) is 2.50. The summed E-state index contributed by atoms with van der Waals surface area (Å²) in [6.07, 6.45) is 0. The van der Waals surface area contributed by atoms with E-state index in [1.807, 2.05) is 0 Å². The highest BCUT2D eigenvalue weighted by atomic mass is 31.1. The van der Waals surface area contributed by atoms with Crippen LogP contribution in [-0.4, -0.2) is 17.9 Å². The van der Waals surface area contributed by atoms with Crippen molar-refractivity contribution in [1.82, 2.24) is 0 Å². The van der Waals surface area contributed by atoms with Gasteiger partial charge in [-0.25, -0.2) is 0 Å². The van der Waals surface area contributed by atoms with Gasteiger partial charge in [0.2, 0.25) is 0 Å². The average Bonchev–Trinajstić information content (AvgIpc) is 1.72. The second kappa shape index (κ2) is 3.62. The van der Waals surface area contributed by atoms with E-state index in [9.17, 15) is 0 Å². The highest BCUT2D eigenvalue weighted by Crippen LogP contribution is 2.20. The molecule has 0 aromatic heterocycles. The third-order valence-corrected chi connectivity index (χ3v) is 1.34. The lowest BCUT2D eigenvalue weighted by Crippen LogP contribution is -1.72. The van der Waals surface area contributed by atoms with E-state index in [0.717, 1.165) is 17.9 Å². The molecule has 0 aliphatic rings. The predicted octanol–water partition coefficient (Wildman–Crippen LogP) is 1.29. The fourth-order valence-corrected chi connectivity index (χ4v) is 0.335. The standard InChI is InChI=1S/C3H6N3P/c4-1-7(2-5)3-6/h1-6H. The van der Waals surface area contributed by atoms with Gasteiger partial charge in [-0.15, -0.1) is 0 Å². The van der Waals surface area contributed by atoms with Gasteiger partial charge in [0.05, 0.1) is 0 Å². The summed E-state index contributed by atoms with van der Waals surface area (Å²) in [5, 5.41) is 19.7. The van der Waals surface area contributed by atoms with Crippen LogP contribution in [0.25, 0.3) is 0 Å². The third kappa shape index (κ3) is 2.18. The molecule has 4 heteroatoms. The number of hydrogen-bond acceptors (Lipinski definition) is 3. The van der Waals surface area contributed by atoms with E-state index >= 15 is 0 Å². The molecule has 0 aliphatic carbocycles. The van der Waals surface area contributed by atoms with Crippen LogP contribution in [0.5, 0.6) is 0 Å². The van der Waals surface area contributed by atoms with E-state index in [-0.39, 0.29) is 0 Å². The van der Waals surface area contributed by atoms with Gasteiger partial charge in [-0.2, -0.15) is 0 Å². The molecule has 0 rings (SSSR count). The van der Waals surface area contributed by atoms with Crippen LogP contribution < -0.4 is 0 Å². The summed E-state index contributed by atoms with van der Waals surface area (Å²) in [6, 6.07) is 0. The lowest BCUT2D eigenvalue weighted by Gasteiger charge is -1.87. The molecular weight excluding hydrogens is 109 g/mol. The SMILES string of the molecule is N=CP(C=N)C=N. The van der Waals surface area contributed by atoms with Crippen LogP contribution in [0.2, 0.25) is 0 Å². The van der Waals surface area contributed by atoms with Gasteiger partial charge in [0.1, 0.15) is 0 Å². The maximum Gasteiger partial charge on any atom is 0.0294 e. The molecule has 0 radical (unpaired) electrons. The first-order chi connectivity index (χ1) is 3.35. The van der Waals surface area contributed by atoms with Gasteiger partial charge in [-0.1, -0.05) is 0 Å². The molecule has 0 unspecified atom stereocenters. The summed E-state index contributed by atoms with van der Waals surface area (Å²) >= 11 is 0. The van der Waals surface area contributed by atoms with Crippen LogP contribution in [-0.2, 0) is 0 Å². The van der Waals surface area contributed by atoms with Crippen LogP contribution in [0.4, 0.5) is 0 Å². The molecule has 0 amide bonds. The molecule has 3 nitrogen and oxygen atoms in total. The van der Waals surface area contributed by atoms with Gasteiger partial charge in [-0.3, -0.25) is 0 Å². The van der Waals surface area contributed by atoms with E-state index in [2.05, 4.69) is 0 Å². The Kier molecular flexibility index (Phi) is 3.33. The lowest BCUT2D eigenvalue weighted by molar-refractivity contribution is 1.58. The van der Waals surface area contributed by atoms with Gasteiger partial charge in [0, 0.05) is 25.8 Å². The molecular formula is C3H6N3P. The Hall–Kier alpha value is -0.560. The minimum atomic E-state index is -0.929. The van der Waals surface area contributed by atoms with Crippen molar-refractivity contribution in [3.8, 4) is 0 Å². The number of hydrogen-bond donors (Lipinski definition) is 3. The predicted molar refractivity (Wildman–Crippen MR) is 33.3 cm³/mol. The first-order valence-electron chi connectivity index (χ1n) is 1.64. The van der Waals surface area contributed by atoms with Gasteiger partial charge in [-0.05, 0) is 0 Å². The van der Waals surface area contributed by atoms with Crippen LogP contribution in [0.1, 0.15) is 0 Å². The van der Waals surface area contributed by atoms with Crippen LogP contribution in [0, 0.1) is 16.2 Å². The summed E-state index contributed by atoms with van der Waals surface area (Å²) in [7, 11) is -0.929. The van der Waals surface area contributed by atoms with Gasteiger partial charge < -0.3 is 16.2 Å². The summed E-state index contributed by atoms with van der Waals surface area (Å²) in [4.78, 5) is 0. The smallest absolute Gasteiger partial charge is 0.0294 e. The van der Waals surface area contributed by atoms with Gasteiger partial charge in [0.25, 0.3) is 0 Å². The molecule has 0 aliphatic heterocycles. The topological polar surface area (TPSA) is 71.6 Å². The van der Waals surface area contributed by atoms with Crippen LogP contribution in [0.3, 0.4) is 0 Å². The quantitative estimate of drug-likeness (QED) is 0.366. The second-order valence-electron chi connectivity index (χ2n) is 0.835. The van der Waals surface area contributed by atoms with Crippen molar-refractivity contribution >= 4 is 25.8 Å². The molecule has 7 heavy (non-hydrogen) atoms. The van der Waals surface area contributed by atoms with Crippen molar-refractivity contribution in [2.75, 3.05) is 0 Å². The van der Waals surface area contributed by atoms with Crippen molar-refractivity contribution in [3.05, 3.63) is 0 Å². The van der Waals surface area contributed by atoms with Gasteiger partial charge >= 0.3 is 0 Å². The van der Waals surface area contributed by atoms with Gasteiger partial charge in [0.15, 0.2) is 0 Å². The molecule has 0 saturated carbocycles. The Morgan fingerprint density at radius 2 is 1.14 bits per heavy atom. The van der Waals surface area contributed by atoms with E-state index in [4.69, 9.17) is 16.2 Å². The van der Waals surface area contributed by atoms with Crippen molar-refractivity contribution < 1.29 is 0 Å². The monoisotopic (exact) mass is 115 g/mol. The van der Waals surface area contributed by atoms with Crippen molar-refractivity contribution in [2.24, 2.45) is 0 Å². The van der Waals surface area contributed by atoms with E-state index in [1.165, 1.54) is 0 Å². The third-order valence-electron chi connectivity index (χ3n) is 0.447. The summed E-state index contributed by atoms with van der Waals surface area (Å²) < 4.78 is 0. The Balaban J connectivity index is 3.57. The zero-order valence-electron chi connectivity index (χ0n) is 3.68. The number of rotatable bonds is 3. The number of nitrogens with one attached hydrogen (secondary N) is 3. The van der Waals surface area contributed by atoms with Crippen molar-refractivity contribution in [3.63, 3.8) is 0 Å². The molecule has 0 fully saturated rings. The molecule has 38 valence electrons. The van der Waals surface area contributed by atoms with Crippen LogP contribution >= 0.6 is 7.92 Å². The molecule has 0 aromatic rings. The molecule has 0 heterocycles. The Labute approximate surface area is 43.0 Å². The Morgan fingerprint density at radius 3 is 1.14 bits per heavy atom. The molecule has 0 saturated heterocycles. The van der Waals surface area contributed by atoms with Crippen molar-refractivity contribution in [2.45, 2.75) is 0 Å². The summed E-state index contributed by atoms with van der Waals surface area (Å²) in [5.74, 6) is 3.32. The Morgan fingerprint density at radius 1 is 0.857 bits per heavy atom. The first-order valence-corrected chi connectivity index (χ1v) is 3.19. The molecule has 3 N–H and O–H groups in total. The largest absolute Gasteiger partial charge is 0.308 e. The summed E-state index contributed by atoms with van der Waals surface area (Å²) in [6.45, 7) is 0. The normalized spacial score (nSPS) is 12.0. The maximum absolute atomic E-state index is 6.56. The average molecular weight is 115 g/mol. The van der Waals surface area contributed by atoms with E-state index in [1.54, 1.807) is 0 Å². The maximum atomic E-state index is 6.56. The minimum absolute atomic E-state index is 0.929. The van der Waals surface area contributed by atoms with E-state index < -0.39 is 7.92 Å². The molecule has 0 spiro atoms. The molecule has 0 bridgehead atoms. The fourth-order valence-electron chi connectivity index (χ4n) is 0.112. The zero-order valence-corrected chi connectivity index (χ0v) is 4.57. The van der Waals surface area contributed by atoms with E-state index in [0.29, 0.717) is 0 Å². The fraction of sp³-hybridized carbons (Fsp3) is 0. The summed E-state index contributed by atoms with van der Waals surface area (Å²) in [5.41, 5.74) is 0. The molecule has 0 atom stereocenters.